The number of hydrogen-bond acceptors (Lipinski definition) is 0. The molecule has 0 N–H and O–H groups in total. The molecule has 0 unspecified atom stereocenters. The zero-order valence-corrected chi connectivity index (χ0v) is 8.34. The molecule has 0 fully saturated rings. The Labute approximate surface area is 82.0 Å². The van der Waals surface area contributed by atoms with E-state index >= 15 is 0 Å². The second-order valence-corrected chi connectivity index (χ2v) is 3.40. The number of hydrogen-bond donors (Lipinski definition) is 0. The van der Waals surface area contributed by atoms with E-state index in [1.165, 1.54) is 32.1 Å². The van der Waals surface area contributed by atoms with E-state index < -0.39 is 0 Å². The molecule has 1 aliphatic rings. The molecular formula is C13H19. The van der Waals surface area contributed by atoms with Crippen molar-refractivity contribution in [2.75, 3.05) is 0 Å². The third-order valence-electron chi connectivity index (χ3n) is 2.15. The van der Waals surface area contributed by atoms with Crippen LogP contribution in [0.5, 0.6) is 0 Å². The SMILES string of the molecule is [C]1=C/CC/C=C/CC/C=C/CCC/1. The topological polar surface area (TPSA) is 0 Å². The maximum atomic E-state index is 3.33. The summed E-state index contributed by atoms with van der Waals surface area (Å²) in [5, 5.41) is 0. The Morgan fingerprint density at radius 1 is 0.692 bits per heavy atom. The van der Waals surface area contributed by atoms with Gasteiger partial charge in [0.25, 0.3) is 0 Å². The Morgan fingerprint density at radius 2 is 1.31 bits per heavy atom. The van der Waals surface area contributed by atoms with Crippen LogP contribution in [0, 0.1) is 6.08 Å². The van der Waals surface area contributed by atoms with Crippen molar-refractivity contribution in [1.82, 2.24) is 0 Å². The molecule has 1 radical (unpaired) electrons. The molecule has 1 rings (SSSR count). The van der Waals surface area contributed by atoms with E-state index in [9.17, 15) is 0 Å². The van der Waals surface area contributed by atoms with Crippen LogP contribution in [0.25, 0.3) is 0 Å². The van der Waals surface area contributed by atoms with Crippen LogP contribution in [0.3, 0.4) is 0 Å². The molecule has 0 saturated carbocycles. The molecule has 1 aliphatic carbocycles. The van der Waals surface area contributed by atoms with Gasteiger partial charge in [0.2, 0.25) is 0 Å². The highest BCUT2D eigenvalue weighted by atomic mass is 13.9. The minimum absolute atomic E-state index is 1.12. The van der Waals surface area contributed by atoms with Crippen molar-refractivity contribution >= 4 is 0 Å². The van der Waals surface area contributed by atoms with Gasteiger partial charge in [-0.25, -0.2) is 0 Å². The van der Waals surface area contributed by atoms with E-state index in [0.29, 0.717) is 0 Å². The fraction of sp³-hybridized carbons (Fsp3) is 0.538. The van der Waals surface area contributed by atoms with Gasteiger partial charge in [-0.2, -0.15) is 0 Å². The lowest BCUT2D eigenvalue weighted by Crippen LogP contribution is -1.70. The summed E-state index contributed by atoms with van der Waals surface area (Å²) in [5.41, 5.74) is 0. The van der Waals surface area contributed by atoms with Crippen LogP contribution in [-0.4, -0.2) is 0 Å². The standard InChI is InChI=1S/C13H19/c1-2-4-6-8-10-12-13-11-9-7-5-3-1/h1-2,7-9H,3-6,11-13H2/b2-1+,9-7+,10-8?. The van der Waals surface area contributed by atoms with Crippen molar-refractivity contribution in [3.8, 4) is 0 Å². The lowest BCUT2D eigenvalue weighted by Gasteiger charge is -1.89. The average molecular weight is 175 g/mol. The van der Waals surface area contributed by atoms with Gasteiger partial charge in [0.05, 0.1) is 0 Å². The Kier molecular flexibility index (Phi) is 6.22. The van der Waals surface area contributed by atoms with Crippen LogP contribution < -0.4 is 0 Å². The molecule has 0 aliphatic heterocycles. The molecular weight excluding hydrogens is 156 g/mol. The van der Waals surface area contributed by atoms with Crippen molar-refractivity contribution in [2.45, 2.75) is 44.9 Å². The zero-order chi connectivity index (χ0) is 9.19. The average Bonchev–Trinajstić information content (AvgIpc) is 2.18. The van der Waals surface area contributed by atoms with E-state index in [4.69, 9.17) is 0 Å². The first kappa shape index (κ1) is 10.3. The molecule has 13 heavy (non-hydrogen) atoms. The van der Waals surface area contributed by atoms with Crippen molar-refractivity contribution in [2.24, 2.45) is 0 Å². The number of allylic oxidation sites excluding steroid dienone is 6. The smallest absolute Gasteiger partial charge is 0.0276 e. The maximum absolute atomic E-state index is 3.33. The second-order valence-electron chi connectivity index (χ2n) is 3.40. The molecule has 0 bridgehead atoms. The molecule has 0 aromatic carbocycles. The van der Waals surface area contributed by atoms with Crippen molar-refractivity contribution in [3.63, 3.8) is 0 Å². The first-order valence-electron chi connectivity index (χ1n) is 5.35. The maximum Gasteiger partial charge on any atom is -0.0276 e. The summed E-state index contributed by atoms with van der Waals surface area (Å²) < 4.78 is 0. The monoisotopic (exact) mass is 175 g/mol. The first-order valence-corrected chi connectivity index (χ1v) is 5.35. The van der Waals surface area contributed by atoms with E-state index in [2.05, 4.69) is 36.5 Å². The molecule has 0 spiro atoms. The largest absolute Gasteiger partial charge is 0.0885 e. The van der Waals surface area contributed by atoms with E-state index in [0.717, 1.165) is 12.8 Å². The molecule has 0 nitrogen and oxygen atoms in total. The van der Waals surface area contributed by atoms with E-state index in [1.807, 2.05) is 0 Å². The predicted molar refractivity (Wildman–Crippen MR) is 58.4 cm³/mol. The van der Waals surface area contributed by atoms with Gasteiger partial charge < -0.3 is 0 Å². The molecule has 0 heteroatoms. The van der Waals surface area contributed by atoms with E-state index in [1.54, 1.807) is 0 Å². The summed E-state index contributed by atoms with van der Waals surface area (Å²) in [6.07, 6.45) is 23.0. The van der Waals surface area contributed by atoms with Gasteiger partial charge in [-0.05, 0) is 51.0 Å². The van der Waals surface area contributed by atoms with Gasteiger partial charge in [-0.15, -0.1) is 0 Å². The summed E-state index contributed by atoms with van der Waals surface area (Å²) in [7, 11) is 0. The Hall–Kier alpha value is -0.780. The molecule has 0 amide bonds. The summed E-state index contributed by atoms with van der Waals surface area (Å²) in [6, 6.07) is 0. The Bertz CT molecular complexity index is 164. The van der Waals surface area contributed by atoms with E-state index in [-0.39, 0.29) is 0 Å². The quantitative estimate of drug-likeness (QED) is 0.484. The van der Waals surface area contributed by atoms with Crippen LogP contribution in [0.1, 0.15) is 44.9 Å². The molecule has 0 aromatic heterocycles. The summed E-state index contributed by atoms with van der Waals surface area (Å²) >= 11 is 0. The van der Waals surface area contributed by atoms with Crippen LogP contribution in [0.2, 0.25) is 0 Å². The minimum Gasteiger partial charge on any atom is -0.0885 e. The van der Waals surface area contributed by atoms with Crippen LogP contribution in [0.15, 0.2) is 30.4 Å². The molecule has 0 saturated heterocycles. The Balaban J connectivity index is 2.27. The van der Waals surface area contributed by atoms with Crippen LogP contribution >= 0.6 is 0 Å². The van der Waals surface area contributed by atoms with Gasteiger partial charge in [-0.3, -0.25) is 0 Å². The first-order chi connectivity index (χ1) is 6.50. The highest BCUT2D eigenvalue weighted by molar-refractivity contribution is 4.90. The van der Waals surface area contributed by atoms with Gasteiger partial charge in [-0.1, -0.05) is 30.4 Å². The zero-order valence-electron chi connectivity index (χ0n) is 8.34. The number of rotatable bonds is 0. The highest BCUT2D eigenvalue weighted by Crippen LogP contribution is 2.03. The van der Waals surface area contributed by atoms with Gasteiger partial charge >= 0.3 is 0 Å². The molecule has 0 heterocycles. The summed E-state index contributed by atoms with van der Waals surface area (Å²) in [6.45, 7) is 0. The van der Waals surface area contributed by atoms with Crippen LogP contribution in [0.4, 0.5) is 0 Å². The third-order valence-corrected chi connectivity index (χ3v) is 2.15. The normalized spacial score (nSPS) is 27.7. The molecule has 0 atom stereocenters. The lowest BCUT2D eigenvalue weighted by atomic mass is 10.2. The minimum atomic E-state index is 1.12. The van der Waals surface area contributed by atoms with Gasteiger partial charge in [0, 0.05) is 0 Å². The second kappa shape index (κ2) is 7.85. The van der Waals surface area contributed by atoms with Gasteiger partial charge in [0.15, 0.2) is 0 Å². The summed E-state index contributed by atoms with van der Waals surface area (Å²) in [4.78, 5) is 0. The van der Waals surface area contributed by atoms with Crippen molar-refractivity contribution < 1.29 is 0 Å². The fourth-order valence-corrected chi connectivity index (χ4v) is 1.37. The highest BCUT2D eigenvalue weighted by Gasteiger charge is 1.84. The van der Waals surface area contributed by atoms with Gasteiger partial charge in [0.1, 0.15) is 0 Å². The fourth-order valence-electron chi connectivity index (χ4n) is 1.37. The van der Waals surface area contributed by atoms with Crippen LogP contribution in [-0.2, 0) is 0 Å². The lowest BCUT2D eigenvalue weighted by molar-refractivity contribution is 0.845. The predicted octanol–water partition coefficient (Wildman–Crippen LogP) is 4.20. The van der Waals surface area contributed by atoms with Crippen molar-refractivity contribution in [1.29, 1.82) is 0 Å². The summed E-state index contributed by atoms with van der Waals surface area (Å²) in [5.74, 6) is 0. The third kappa shape index (κ3) is 6.39. The van der Waals surface area contributed by atoms with Crippen molar-refractivity contribution in [3.05, 3.63) is 36.5 Å². The molecule has 71 valence electrons. The Morgan fingerprint density at radius 3 is 2.08 bits per heavy atom. The molecule has 0 aromatic rings.